The van der Waals surface area contributed by atoms with Crippen LogP contribution in [0.15, 0.2) is 28.9 Å². The van der Waals surface area contributed by atoms with E-state index in [1.807, 2.05) is 18.2 Å². The quantitative estimate of drug-likeness (QED) is 0.643. The summed E-state index contributed by atoms with van der Waals surface area (Å²) in [6.07, 6.45) is 2.86. The SMILES string of the molecule is C[N+]12CCC(C1)N(c1ncnc3c1oc1ccc(Cl)cc13)CC2. The fourth-order valence-electron chi connectivity index (χ4n) is 4.16. The van der Waals surface area contributed by atoms with Gasteiger partial charge in [0, 0.05) is 16.8 Å². The molecule has 23 heavy (non-hydrogen) atoms. The normalized spacial score (nSPS) is 27.2. The fraction of sp³-hybridized carbons (Fsp3) is 0.412. The third kappa shape index (κ3) is 1.96. The van der Waals surface area contributed by atoms with Gasteiger partial charge in [0.1, 0.15) is 17.4 Å². The number of halogens is 1. The molecular weight excluding hydrogens is 312 g/mol. The average molecular weight is 330 g/mol. The molecule has 2 aliphatic heterocycles. The van der Waals surface area contributed by atoms with Crippen LogP contribution in [0.3, 0.4) is 0 Å². The zero-order valence-corrected chi connectivity index (χ0v) is 13.8. The Morgan fingerprint density at radius 3 is 3.13 bits per heavy atom. The maximum absolute atomic E-state index is 6.13. The molecule has 3 aromatic rings. The Balaban J connectivity index is 1.69. The lowest BCUT2D eigenvalue weighted by Gasteiger charge is -2.39. The smallest absolute Gasteiger partial charge is 0.196 e. The van der Waals surface area contributed by atoms with Crippen LogP contribution >= 0.6 is 11.6 Å². The Labute approximate surface area is 139 Å². The van der Waals surface area contributed by atoms with E-state index in [1.165, 1.54) is 24.0 Å². The van der Waals surface area contributed by atoms with Gasteiger partial charge < -0.3 is 13.8 Å². The number of piperazine rings is 1. The lowest BCUT2D eigenvalue weighted by Crippen LogP contribution is -2.55. The minimum absolute atomic E-state index is 0.545. The summed E-state index contributed by atoms with van der Waals surface area (Å²) in [5.74, 6) is 0.931. The van der Waals surface area contributed by atoms with Crippen molar-refractivity contribution in [1.82, 2.24) is 9.97 Å². The topological polar surface area (TPSA) is 42.2 Å². The Bertz CT molecular complexity index is 923. The lowest BCUT2D eigenvalue weighted by atomic mass is 10.2. The first-order valence-electron chi connectivity index (χ1n) is 8.06. The molecule has 2 bridgehead atoms. The van der Waals surface area contributed by atoms with Crippen molar-refractivity contribution in [2.45, 2.75) is 12.5 Å². The van der Waals surface area contributed by atoms with E-state index in [4.69, 9.17) is 16.0 Å². The summed E-state index contributed by atoms with van der Waals surface area (Å²) in [5, 5.41) is 1.65. The molecule has 4 heterocycles. The van der Waals surface area contributed by atoms with E-state index in [-0.39, 0.29) is 0 Å². The van der Waals surface area contributed by atoms with Crippen molar-refractivity contribution in [1.29, 1.82) is 0 Å². The van der Waals surface area contributed by atoms with Crippen LogP contribution < -0.4 is 4.90 Å². The summed E-state index contributed by atoms with van der Waals surface area (Å²) in [5.41, 5.74) is 2.45. The number of likely N-dealkylation sites (N-methyl/N-ethyl adjacent to an activating group) is 1. The highest BCUT2D eigenvalue weighted by atomic mass is 35.5. The van der Waals surface area contributed by atoms with Crippen LogP contribution in [0.25, 0.3) is 22.1 Å². The van der Waals surface area contributed by atoms with Crippen molar-refractivity contribution in [2.75, 3.05) is 38.1 Å². The molecule has 2 aromatic heterocycles. The minimum atomic E-state index is 0.545. The van der Waals surface area contributed by atoms with Gasteiger partial charge in [-0.15, -0.1) is 0 Å². The van der Waals surface area contributed by atoms with Crippen LogP contribution in [-0.4, -0.2) is 53.7 Å². The van der Waals surface area contributed by atoms with Gasteiger partial charge in [-0.05, 0) is 18.2 Å². The molecule has 0 saturated carbocycles. The summed E-state index contributed by atoms with van der Waals surface area (Å²) in [6.45, 7) is 4.63. The number of nitrogens with zero attached hydrogens (tertiary/aromatic N) is 4. The fourth-order valence-corrected chi connectivity index (χ4v) is 4.33. The number of anilines is 1. The number of fused-ring (bicyclic) bond motifs is 5. The third-order valence-corrected chi connectivity index (χ3v) is 5.68. The van der Waals surface area contributed by atoms with E-state index in [9.17, 15) is 0 Å². The van der Waals surface area contributed by atoms with Crippen LogP contribution in [-0.2, 0) is 0 Å². The Morgan fingerprint density at radius 1 is 1.30 bits per heavy atom. The zero-order chi connectivity index (χ0) is 15.6. The molecule has 5 nitrogen and oxygen atoms in total. The van der Waals surface area contributed by atoms with E-state index in [0.29, 0.717) is 11.1 Å². The van der Waals surface area contributed by atoms with Crippen molar-refractivity contribution < 1.29 is 8.90 Å². The third-order valence-electron chi connectivity index (χ3n) is 5.44. The molecular formula is C17H18ClN4O+. The van der Waals surface area contributed by atoms with E-state index in [1.54, 1.807) is 6.33 Å². The summed E-state index contributed by atoms with van der Waals surface area (Å²) in [6, 6.07) is 6.21. The molecule has 2 fully saturated rings. The van der Waals surface area contributed by atoms with Gasteiger partial charge in [-0.2, -0.15) is 0 Å². The van der Waals surface area contributed by atoms with E-state index in [2.05, 4.69) is 21.9 Å². The van der Waals surface area contributed by atoms with Gasteiger partial charge in [-0.25, -0.2) is 9.97 Å². The summed E-state index contributed by atoms with van der Waals surface area (Å²) in [4.78, 5) is 11.4. The molecule has 2 aliphatic rings. The number of rotatable bonds is 1. The molecule has 2 atom stereocenters. The highest BCUT2D eigenvalue weighted by Crippen LogP contribution is 2.37. The molecule has 2 unspecified atom stereocenters. The van der Waals surface area contributed by atoms with Crippen molar-refractivity contribution in [3.8, 4) is 0 Å². The van der Waals surface area contributed by atoms with Crippen LogP contribution in [0.5, 0.6) is 0 Å². The van der Waals surface area contributed by atoms with Crippen LogP contribution in [0, 0.1) is 0 Å². The second-order valence-electron chi connectivity index (χ2n) is 7.00. The second-order valence-corrected chi connectivity index (χ2v) is 7.44. The molecule has 118 valence electrons. The van der Waals surface area contributed by atoms with E-state index >= 15 is 0 Å². The number of hydrogen-bond donors (Lipinski definition) is 0. The van der Waals surface area contributed by atoms with Crippen LogP contribution in [0.2, 0.25) is 5.02 Å². The van der Waals surface area contributed by atoms with E-state index < -0.39 is 0 Å². The Hall–Kier alpha value is -1.85. The highest BCUT2D eigenvalue weighted by Gasteiger charge is 2.43. The van der Waals surface area contributed by atoms with Gasteiger partial charge in [-0.1, -0.05) is 11.6 Å². The Morgan fingerprint density at radius 2 is 2.22 bits per heavy atom. The van der Waals surface area contributed by atoms with Crippen molar-refractivity contribution >= 4 is 39.5 Å². The van der Waals surface area contributed by atoms with Crippen LogP contribution in [0.4, 0.5) is 5.82 Å². The van der Waals surface area contributed by atoms with Gasteiger partial charge in [0.25, 0.3) is 0 Å². The monoisotopic (exact) mass is 329 g/mol. The van der Waals surface area contributed by atoms with Crippen LogP contribution in [0.1, 0.15) is 6.42 Å². The number of aromatic nitrogens is 2. The standard InChI is InChI=1S/C17H18ClN4O/c1-22-6-4-12(9-22)21(5-7-22)17-16-15(19-10-20-17)13-8-11(18)2-3-14(13)23-16/h2-3,8,10,12H,4-7,9H2,1H3/q+1. The Kier molecular flexibility index (Phi) is 2.71. The van der Waals surface area contributed by atoms with Crippen molar-refractivity contribution in [2.24, 2.45) is 0 Å². The molecule has 1 aromatic carbocycles. The first kappa shape index (κ1) is 13.6. The number of hydrogen-bond acceptors (Lipinski definition) is 4. The predicted molar refractivity (Wildman–Crippen MR) is 90.9 cm³/mol. The molecule has 0 spiro atoms. The maximum Gasteiger partial charge on any atom is 0.196 e. The van der Waals surface area contributed by atoms with Gasteiger partial charge in [0.2, 0.25) is 0 Å². The predicted octanol–water partition coefficient (Wildman–Crippen LogP) is 3.07. The van der Waals surface area contributed by atoms with E-state index in [0.717, 1.165) is 41.0 Å². The van der Waals surface area contributed by atoms with Gasteiger partial charge in [0.15, 0.2) is 11.4 Å². The van der Waals surface area contributed by atoms with Gasteiger partial charge in [0.05, 0.1) is 39.3 Å². The number of benzene rings is 1. The molecule has 0 amide bonds. The lowest BCUT2D eigenvalue weighted by molar-refractivity contribution is -0.899. The zero-order valence-electron chi connectivity index (χ0n) is 13.0. The minimum Gasteiger partial charge on any atom is -0.450 e. The van der Waals surface area contributed by atoms with Crippen molar-refractivity contribution in [3.05, 3.63) is 29.5 Å². The number of quaternary nitrogens is 1. The maximum atomic E-state index is 6.13. The molecule has 5 rings (SSSR count). The van der Waals surface area contributed by atoms with Gasteiger partial charge in [-0.3, -0.25) is 0 Å². The number of furan rings is 1. The molecule has 0 radical (unpaired) electrons. The average Bonchev–Trinajstić information content (AvgIpc) is 3.06. The summed E-state index contributed by atoms with van der Waals surface area (Å²) in [7, 11) is 2.36. The largest absolute Gasteiger partial charge is 0.450 e. The van der Waals surface area contributed by atoms with Crippen molar-refractivity contribution in [3.63, 3.8) is 0 Å². The molecule has 0 aliphatic carbocycles. The summed E-state index contributed by atoms with van der Waals surface area (Å²) >= 11 is 6.13. The van der Waals surface area contributed by atoms with Gasteiger partial charge >= 0.3 is 0 Å². The highest BCUT2D eigenvalue weighted by molar-refractivity contribution is 6.31. The molecule has 2 saturated heterocycles. The molecule has 6 heteroatoms. The molecule has 0 N–H and O–H groups in total. The first-order valence-corrected chi connectivity index (χ1v) is 8.44. The second kappa shape index (κ2) is 4.58. The first-order chi connectivity index (χ1) is 11.1. The summed E-state index contributed by atoms with van der Waals surface area (Å²) < 4.78 is 7.28.